The summed E-state index contributed by atoms with van der Waals surface area (Å²) in [5, 5.41) is 9.41. The van der Waals surface area contributed by atoms with Crippen LogP contribution in [0.2, 0.25) is 0 Å². The summed E-state index contributed by atoms with van der Waals surface area (Å²) in [6, 6.07) is 11.8. The van der Waals surface area contributed by atoms with E-state index in [1.165, 1.54) is 11.1 Å². The Bertz CT molecular complexity index is 492. The Hall–Kier alpha value is -1.83. The number of hydrogen-bond donors (Lipinski definition) is 1. The Labute approximate surface area is 115 Å². The average Bonchev–Trinajstić information content (AvgIpc) is 2.47. The molecule has 0 saturated heterocycles. The fourth-order valence-electron chi connectivity index (χ4n) is 2.82. The molecule has 0 aliphatic rings. The maximum absolute atomic E-state index is 9.41. The molecule has 19 heavy (non-hydrogen) atoms. The molecule has 0 aliphatic heterocycles. The van der Waals surface area contributed by atoms with Crippen molar-refractivity contribution in [2.24, 2.45) is 0 Å². The van der Waals surface area contributed by atoms with Gasteiger partial charge in [-0.25, -0.2) is 0 Å². The van der Waals surface area contributed by atoms with Crippen LogP contribution in [0.15, 0.2) is 48.8 Å². The Morgan fingerprint density at radius 3 is 2.11 bits per heavy atom. The highest BCUT2D eigenvalue weighted by molar-refractivity contribution is 5.31. The maximum atomic E-state index is 9.41. The van der Waals surface area contributed by atoms with E-state index < -0.39 is 0 Å². The van der Waals surface area contributed by atoms with E-state index in [9.17, 15) is 5.11 Å². The molecule has 2 aromatic rings. The summed E-state index contributed by atoms with van der Waals surface area (Å²) < 4.78 is 0. The molecule has 0 unspecified atom stereocenters. The smallest absolute Gasteiger partial charge is 0.115 e. The largest absolute Gasteiger partial charge is 0.508 e. The lowest BCUT2D eigenvalue weighted by Gasteiger charge is -2.26. The van der Waals surface area contributed by atoms with Crippen molar-refractivity contribution >= 4 is 0 Å². The van der Waals surface area contributed by atoms with Crippen LogP contribution >= 0.6 is 0 Å². The lowest BCUT2D eigenvalue weighted by atomic mass is 9.79. The van der Waals surface area contributed by atoms with Gasteiger partial charge in [0.15, 0.2) is 0 Å². The van der Waals surface area contributed by atoms with Gasteiger partial charge in [0, 0.05) is 12.4 Å². The van der Waals surface area contributed by atoms with E-state index in [4.69, 9.17) is 0 Å². The van der Waals surface area contributed by atoms with Crippen molar-refractivity contribution in [3.8, 4) is 5.75 Å². The lowest BCUT2D eigenvalue weighted by molar-refractivity contribution is 0.472. The second kappa shape index (κ2) is 6.37. The van der Waals surface area contributed by atoms with Gasteiger partial charge in [0.25, 0.3) is 0 Å². The average molecular weight is 255 g/mol. The van der Waals surface area contributed by atoms with Gasteiger partial charge in [-0.3, -0.25) is 4.98 Å². The van der Waals surface area contributed by atoms with E-state index in [0.29, 0.717) is 17.6 Å². The van der Waals surface area contributed by atoms with Crippen molar-refractivity contribution in [2.45, 2.75) is 38.5 Å². The molecule has 1 aromatic heterocycles. The zero-order chi connectivity index (χ0) is 13.7. The van der Waals surface area contributed by atoms with Crippen LogP contribution in [0.25, 0.3) is 0 Å². The van der Waals surface area contributed by atoms with Crippen LogP contribution in [0.3, 0.4) is 0 Å². The van der Waals surface area contributed by atoms with Gasteiger partial charge in [0.05, 0.1) is 0 Å². The van der Waals surface area contributed by atoms with Gasteiger partial charge in [-0.05, 0) is 54.0 Å². The minimum Gasteiger partial charge on any atom is -0.508 e. The Kier molecular flexibility index (Phi) is 4.56. The fraction of sp³-hybridized carbons (Fsp3) is 0.353. The number of hydrogen-bond acceptors (Lipinski definition) is 2. The standard InChI is InChI=1S/C17H21NO/c1-3-16(13-7-9-15(19)10-8-13)17(4-2)14-6-5-11-18-12-14/h5-12,16-17,19H,3-4H2,1-2H3/t16-,17-/m1/s1. The number of pyridine rings is 1. The van der Waals surface area contributed by atoms with E-state index in [1.807, 2.05) is 30.6 Å². The first-order valence-electron chi connectivity index (χ1n) is 6.95. The quantitative estimate of drug-likeness (QED) is 0.854. The van der Waals surface area contributed by atoms with Crippen LogP contribution in [0.5, 0.6) is 5.75 Å². The summed E-state index contributed by atoms with van der Waals surface area (Å²) in [6.45, 7) is 4.44. The Morgan fingerprint density at radius 2 is 1.58 bits per heavy atom. The normalized spacial score (nSPS) is 14.0. The molecule has 1 N–H and O–H groups in total. The van der Waals surface area contributed by atoms with Crippen molar-refractivity contribution < 1.29 is 5.11 Å². The number of aromatic nitrogens is 1. The van der Waals surface area contributed by atoms with E-state index in [0.717, 1.165) is 12.8 Å². The first-order chi connectivity index (χ1) is 9.26. The second-order valence-corrected chi connectivity index (χ2v) is 4.91. The van der Waals surface area contributed by atoms with Crippen LogP contribution < -0.4 is 0 Å². The molecule has 0 spiro atoms. The molecule has 2 nitrogen and oxygen atoms in total. The Balaban J connectivity index is 2.31. The number of phenolic OH excluding ortho intramolecular Hbond substituents is 1. The van der Waals surface area contributed by atoms with Crippen LogP contribution in [-0.2, 0) is 0 Å². The third kappa shape index (κ3) is 3.14. The molecular formula is C17H21NO. The molecule has 0 saturated carbocycles. The lowest BCUT2D eigenvalue weighted by Crippen LogP contribution is -2.10. The number of rotatable bonds is 5. The van der Waals surface area contributed by atoms with Gasteiger partial charge < -0.3 is 5.11 Å². The van der Waals surface area contributed by atoms with Crippen LogP contribution in [0, 0.1) is 0 Å². The predicted octanol–water partition coefficient (Wildman–Crippen LogP) is 4.47. The first-order valence-corrected chi connectivity index (χ1v) is 6.95. The van der Waals surface area contributed by atoms with Crippen molar-refractivity contribution in [1.82, 2.24) is 4.98 Å². The molecule has 0 amide bonds. The molecule has 0 aliphatic carbocycles. The molecule has 1 aromatic carbocycles. The summed E-state index contributed by atoms with van der Waals surface area (Å²) in [4.78, 5) is 4.24. The topological polar surface area (TPSA) is 33.1 Å². The maximum Gasteiger partial charge on any atom is 0.115 e. The monoisotopic (exact) mass is 255 g/mol. The van der Waals surface area contributed by atoms with E-state index in [-0.39, 0.29) is 0 Å². The number of phenols is 1. The SMILES string of the molecule is CC[C@H](c1ccc(O)cc1)[C@H](CC)c1cccnc1. The number of nitrogens with zero attached hydrogens (tertiary/aromatic N) is 1. The fourth-order valence-corrected chi connectivity index (χ4v) is 2.82. The van der Waals surface area contributed by atoms with Crippen molar-refractivity contribution in [3.05, 3.63) is 59.9 Å². The van der Waals surface area contributed by atoms with Crippen molar-refractivity contribution in [2.75, 3.05) is 0 Å². The summed E-state index contributed by atoms with van der Waals surface area (Å²) in [5.74, 6) is 1.27. The van der Waals surface area contributed by atoms with Crippen LogP contribution in [-0.4, -0.2) is 10.1 Å². The molecule has 2 heteroatoms. The first kappa shape index (κ1) is 13.6. The molecule has 2 rings (SSSR count). The third-order valence-electron chi connectivity index (χ3n) is 3.80. The zero-order valence-electron chi connectivity index (χ0n) is 11.6. The minimum absolute atomic E-state index is 0.327. The molecular weight excluding hydrogens is 234 g/mol. The van der Waals surface area contributed by atoms with Gasteiger partial charge >= 0.3 is 0 Å². The minimum atomic E-state index is 0.327. The van der Waals surface area contributed by atoms with E-state index in [2.05, 4.69) is 24.9 Å². The molecule has 0 radical (unpaired) electrons. The number of benzene rings is 1. The van der Waals surface area contributed by atoms with Crippen molar-refractivity contribution in [1.29, 1.82) is 0 Å². The Morgan fingerprint density at radius 1 is 0.947 bits per heavy atom. The summed E-state index contributed by atoms with van der Waals surface area (Å²) in [6.07, 6.45) is 5.96. The third-order valence-corrected chi connectivity index (χ3v) is 3.80. The number of aromatic hydroxyl groups is 1. The summed E-state index contributed by atoms with van der Waals surface area (Å²) in [7, 11) is 0. The molecule has 2 atom stereocenters. The van der Waals surface area contributed by atoms with E-state index in [1.54, 1.807) is 12.1 Å². The highest BCUT2D eigenvalue weighted by Crippen LogP contribution is 2.37. The van der Waals surface area contributed by atoms with Gasteiger partial charge in [0.2, 0.25) is 0 Å². The summed E-state index contributed by atoms with van der Waals surface area (Å²) in [5.41, 5.74) is 2.58. The summed E-state index contributed by atoms with van der Waals surface area (Å²) >= 11 is 0. The highest BCUT2D eigenvalue weighted by atomic mass is 16.3. The van der Waals surface area contributed by atoms with Gasteiger partial charge in [-0.1, -0.05) is 32.0 Å². The second-order valence-electron chi connectivity index (χ2n) is 4.91. The molecule has 0 bridgehead atoms. The molecule has 0 fully saturated rings. The van der Waals surface area contributed by atoms with Crippen LogP contribution in [0.4, 0.5) is 0 Å². The van der Waals surface area contributed by atoms with Gasteiger partial charge in [-0.2, -0.15) is 0 Å². The molecule has 100 valence electrons. The van der Waals surface area contributed by atoms with E-state index >= 15 is 0 Å². The zero-order valence-corrected chi connectivity index (χ0v) is 11.6. The predicted molar refractivity (Wildman–Crippen MR) is 78.4 cm³/mol. The highest BCUT2D eigenvalue weighted by Gasteiger charge is 2.21. The molecule has 1 heterocycles. The van der Waals surface area contributed by atoms with Crippen LogP contribution in [0.1, 0.15) is 49.7 Å². The van der Waals surface area contributed by atoms with Crippen molar-refractivity contribution in [3.63, 3.8) is 0 Å². The van der Waals surface area contributed by atoms with Gasteiger partial charge in [-0.15, -0.1) is 0 Å². The van der Waals surface area contributed by atoms with Gasteiger partial charge in [0.1, 0.15) is 5.75 Å².